The first kappa shape index (κ1) is 9.04. The standard InChI is InChI=1S/C11H19NO/c1-3-10-7-4-8(2)12(10)11(13)9-5-6-9/h8-10H,3-7H2,1-2H3. The number of hydrogen-bond donors (Lipinski definition) is 0. The molecule has 2 fully saturated rings. The van der Waals surface area contributed by atoms with Crippen molar-refractivity contribution in [1.82, 2.24) is 4.90 Å². The third kappa shape index (κ3) is 1.59. The van der Waals surface area contributed by atoms with E-state index in [1.54, 1.807) is 0 Å². The third-order valence-corrected chi connectivity index (χ3v) is 3.44. The van der Waals surface area contributed by atoms with E-state index in [2.05, 4.69) is 18.7 Å². The van der Waals surface area contributed by atoms with E-state index < -0.39 is 0 Å². The monoisotopic (exact) mass is 181 g/mol. The summed E-state index contributed by atoms with van der Waals surface area (Å²) in [4.78, 5) is 14.1. The van der Waals surface area contributed by atoms with Gasteiger partial charge in [0.2, 0.25) is 5.91 Å². The summed E-state index contributed by atoms with van der Waals surface area (Å²) in [6, 6.07) is 1.04. The fourth-order valence-electron chi connectivity index (χ4n) is 2.41. The van der Waals surface area contributed by atoms with Gasteiger partial charge in [-0.2, -0.15) is 0 Å². The summed E-state index contributed by atoms with van der Waals surface area (Å²) >= 11 is 0. The lowest BCUT2D eigenvalue weighted by Gasteiger charge is -2.28. The second kappa shape index (κ2) is 3.32. The van der Waals surface area contributed by atoms with E-state index in [1.165, 1.54) is 12.8 Å². The fourth-order valence-corrected chi connectivity index (χ4v) is 2.41. The lowest BCUT2D eigenvalue weighted by atomic mass is 10.1. The first-order chi connectivity index (χ1) is 6.24. The van der Waals surface area contributed by atoms with E-state index in [0.717, 1.165) is 19.3 Å². The van der Waals surface area contributed by atoms with Crippen molar-refractivity contribution in [2.45, 2.75) is 58.0 Å². The van der Waals surface area contributed by atoms with Gasteiger partial charge in [-0.15, -0.1) is 0 Å². The summed E-state index contributed by atoms with van der Waals surface area (Å²) in [5, 5.41) is 0. The normalized spacial score (nSPS) is 33.8. The highest BCUT2D eigenvalue weighted by Gasteiger charge is 2.40. The Morgan fingerprint density at radius 3 is 2.54 bits per heavy atom. The Hall–Kier alpha value is -0.530. The molecule has 0 spiro atoms. The fraction of sp³-hybridized carbons (Fsp3) is 0.909. The number of amides is 1. The van der Waals surface area contributed by atoms with Gasteiger partial charge in [0.25, 0.3) is 0 Å². The molecule has 1 aliphatic heterocycles. The number of nitrogens with zero attached hydrogens (tertiary/aromatic N) is 1. The molecule has 13 heavy (non-hydrogen) atoms. The van der Waals surface area contributed by atoms with Crippen LogP contribution in [0.25, 0.3) is 0 Å². The van der Waals surface area contributed by atoms with Crippen LogP contribution in [0.3, 0.4) is 0 Å². The third-order valence-electron chi connectivity index (χ3n) is 3.44. The zero-order valence-electron chi connectivity index (χ0n) is 8.62. The maximum atomic E-state index is 11.9. The smallest absolute Gasteiger partial charge is 0.226 e. The van der Waals surface area contributed by atoms with Crippen molar-refractivity contribution in [2.75, 3.05) is 0 Å². The van der Waals surface area contributed by atoms with Crippen LogP contribution < -0.4 is 0 Å². The first-order valence-corrected chi connectivity index (χ1v) is 5.56. The van der Waals surface area contributed by atoms with Crippen molar-refractivity contribution in [1.29, 1.82) is 0 Å². The van der Waals surface area contributed by atoms with Gasteiger partial charge in [0.15, 0.2) is 0 Å². The molecule has 2 nitrogen and oxygen atoms in total. The second-order valence-corrected chi connectivity index (χ2v) is 4.51. The van der Waals surface area contributed by atoms with Crippen molar-refractivity contribution in [2.24, 2.45) is 5.92 Å². The Morgan fingerprint density at radius 2 is 2.00 bits per heavy atom. The second-order valence-electron chi connectivity index (χ2n) is 4.51. The molecular formula is C11H19NO. The molecule has 1 aliphatic carbocycles. The van der Waals surface area contributed by atoms with Crippen LogP contribution in [0.2, 0.25) is 0 Å². The zero-order chi connectivity index (χ0) is 9.42. The molecule has 0 bridgehead atoms. The van der Waals surface area contributed by atoms with E-state index in [0.29, 0.717) is 23.9 Å². The summed E-state index contributed by atoms with van der Waals surface area (Å²) in [5.74, 6) is 0.839. The molecule has 74 valence electrons. The number of rotatable bonds is 2. The minimum Gasteiger partial charge on any atom is -0.337 e. The average Bonchev–Trinajstić information content (AvgIpc) is 2.89. The summed E-state index contributed by atoms with van der Waals surface area (Å²) in [6.07, 6.45) is 5.83. The average molecular weight is 181 g/mol. The van der Waals surface area contributed by atoms with Crippen molar-refractivity contribution in [3.05, 3.63) is 0 Å². The summed E-state index contributed by atoms with van der Waals surface area (Å²) in [6.45, 7) is 4.38. The van der Waals surface area contributed by atoms with Gasteiger partial charge in [0.05, 0.1) is 0 Å². The van der Waals surface area contributed by atoms with Gasteiger partial charge in [-0.25, -0.2) is 0 Å². The predicted octanol–water partition coefficient (Wildman–Crippen LogP) is 2.19. The predicted molar refractivity (Wildman–Crippen MR) is 52.3 cm³/mol. The van der Waals surface area contributed by atoms with E-state index in [1.807, 2.05) is 0 Å². The van der Waals surface area contributed by atoms with E-state index >= 15 is 0 Å². The van der Waals surface area contributed by atoms with Gasteiger partial charge in [0, 0.05) is 18.0 Å². The molecule has 2 heteroatoms. The number of carbonyl (C=O) groups excluding carboxylic acids is 1. The van der Waals surface area contributed by atoms with Gasteiger partial charge in [-0.3, -0.25) is 4.79 Å². The largest absolute Gasteiger partial charge is 0.337 e. The van der Waals surface area contributed by atoms with E-state index in [-0.39, 0.29) is 0 Å². The van der Waals surface area contributed by atoms with Gasteiger partial charge in [0.1, 0.15) is 0 Å². The molecule has 2 rings (SSSR count). The van der Waals surface area contributed by atoms with Crippen LogP contribution in [0.4, 0.5) is 0 Å². The lowest BCUT2D eigenvalue weighted by molar-refractivity contribution is -0.135. The Morgan fingerprint density at radius 1 is 1.31 bits per heavy atom. The maximum Gasteiger partial charge on any atom is 0.226 e. The Labute approximate surface area is 80.3 Å². The zero-order valence-corrected chi connectivity index (χ0v) is 8.62. The molecule has 1 amide bonds. The van der Waals surface area contributed by atoms with Crippen LogP contribution in [0.5, 0.6) is 0 Å². The quantitative estimate of drug-likeness (QED) is 0.639. The Bertz CT molecular complexity index is 210. The molecule has 0 aromatic carbocycles. The SMILES string of the molecule is CCC1CCC(C)N1C(=O)C1CC1. The topological polar surface area (TPSA) is 20.3 Å². The van der Waals surface area contributed by atoms with Gasteiger partial charge < -0.3 is 4.90 Å². The molecule has 0 N–H and O–H groups in total. The van der Waals surface area contributed by atoms with E-state index in [9.17, 15) is 4.79 Å². The van der Waals surface area contributed by atoms with Crippen LogP contribution in [0.15, 0.2) is 0 Å². The highest BCUT2D eigenvalue weighted by atomic mass is 16.2. The van der Waals surface area contributed by atoms with Crippen molar-refractivity contribution >= 4 is 5.91 Å². The number of hydrogen-bond acceptors (Lipinski definition) is 1. The minimum absolute atomic E-state index is 0.398. The molecule has 1 saturated carbocycles. The summed E-state index contributed by atoms with van der Waals surface area (Å²) in [7, 11) is 0. The Kier molecular flexibility index (Phi) is 2.31. The number of carbonyl (C=O) groups is 1. The van der Waals surface area contributed by atoms with Crippen LogP contribution >= 0.6 is 0 Å². The molecular weight excluding hydrogens is 162 g/mol. The van der Waals surface area contributed by atoms with E-state index in [4.69, 9.17) is 0 Å². The Balaban J connectivity index is 2.04. The molecule has 0 aromatic rings. The van der Waals surface area contributed by atoms with Crippen molar-refractivity contribution in [3.8, 4) is 0 Å². The first-order valence-electron chi connectivity index (χ1n) is 5.56. The van der Waals surface area contributed by atoms with Crippen LogP contribution in [-0.4, -0.2) is 22.9 Å². The lowest BCUT2D eigenvalue weighted by Crippen LogP contribution is -2.40. The maximum absolute atomic E-state index is 11.9. The summed E-state index contributed by atoms with van der Waals surface area (Å²) < 4.78 is 0. The van der Waals surface area contributed by atoms with Gasteiger partial charge in [-0.05, 0) is 39.0 Å². The molecule has 2 aliphatic rings. The minimum atomic E-state index is 0.398. The highest BCUT2D eigenvalue weighted by Crippen LogP contribution is 2.36. The molecule has 1 saturated heterocycles. The number of likely N-dealkylation sites (tertiary alicyclic amines) is 1. The molecule has 2 unspecified atom stereocenters. The van der Waals surface area contributed by atoms with Crippen molar-refractivity contribution < 1.29 is 4.79 Å². The summed E-state index contributed by atoms with van der Waals surface area (Å²) in [5.41, 5.74) is 0. The van der Waals surface area contributed by atoms with Crippen LogP contribution in [0.1, 0.15) is 46.0 Å². The highest BCUT2D eigenvalue weighted by molar-refractivity contribution is 5.81. The van der Waals surface area contributed by atoms with Gasteiger partial charge in [-0.1, -0.05) is 6.92 Å². The molecule has 0 aromatic heterocycles. The molecule has 2 atom stereocenters. The van der Waals surface area contributed by atoms with Crippen molar-refractivity contribution in [3.63, 3.8) is 0 Å². The van der Waals surface area contributed by atoms with Gasteiger partial charge >= 0.3 is 0 Å². The molecule has 0 radical (unpaired) electrons. The van der Waals surface area contributed by atoms with Crippen LogP contribution in [-0.2, 0) is 4.79 Å². The molecule has 1 heterocycles. The van der Waals surface area contributed by atoms with Crippen LogP contribution in [0, 0.1) is 5.92 Å².